The van der Waals surface area contributed by atoms with Crippen molar-refractivity contribution in [1.29, 1.82) is 5.26 Å². The van der Waals surface area contributed by atoms with Crippen molar-refractivity contribution in [3.8, 4) is 6.07 Å². The molecule has 0 aliphatic heterocycles. The highest BCUT2D eigenvalue weighted by Gasteiger charge is 2.10. The second-order valence-corrected chi connectivity index (χ2v) is 4.69. The zero-order chi connectivity index (χ0) is 15.4. The lowest BCUT2D eigenvalue weighted by Gasteiger charge is -2.08. The second kappa shape index (κ2) is 6.33. The Morgan fingerprint density at radius 2 is 1.95 bits per heavy atom. The highest BCUT2D eigenvalue weighted by atomic mass is 35.5. The standard InChI is InChI=1S/C15H9ClF2N2O/c16-11-3-1-10(8-19)6-14(11)20-15(21)7-9-2-4-12(17)13(18)5-9/h1-6H,7H2,(H,20,21). The third kappa shape index (κ3) is 3.77. The molecule has 3 nitrogen and oxygen atoms in total. The monoisotopic (exact) mass is 306 g/mol. The van der Waals surface area contributed by atoms with Crippen molar-refractivity contribution in [3.05, 3.63) is 64.2 Å². The van der Waals surface area contributed by atoms with E-state index in [2.05, 4.69) is 5.32 Å². The first kappa shape index (κ1) is 14.9. The van der Waals surface area contributed by atoms with Crippen molar-refractivity contribution in [1.82, 2.24) is 0 Å². The number of amides is 1. The van der Waals surface area contributed by atoms with Crippen molar-refractivity contribution < 1.29 is 13.6 Å². The lowest BCUT2D eigenvalue weighted by molar-refractivity contribution is -0.115. The van der Waals surface area contributed by atoms with Gasteiger partial charge in [-0.2, -0.15) is 5.26 Å². The molecule has 2 rings (SSSR count). The minimum absolute atomic E-state index is 0.135. The van der Waals surface area contributed by atoms with Gasteiger partial charge in [0.25, 0.3) is 0 Å². The first-order chi connectivity index (χ1) is 9.99. The normalized spacial score (nSPS) is 10.0. The summed E-state index contributed by atoms with van der Waals surface area (Å²) in [5.74, 6) is -2.42. The molecule has 0 aliphatic carbocycles. The average molecular weight is 307 g/mol. The molecule has 1 N–H and O–H groups in total. The summed E-state index contributed by atoms with van der Waals surface area (Å²) in [6.45, 7) is 0. The number of halogens is 3. The van der Waals surface area contributed by atoms with Gasteiger partial charge in [0.15, 0.2) is 11.6 Å². The van der Waals surface area contributed by atoms with E-state index in [1.807, 2.05) is 6.07 Å². The van der Waals surface area contributed by atoms with Gasteiger partial charge in [0, 0.05) is 0 Å². The Bertz CT molecular complexity index is 741. The molecule has 2 aromatic carbocycles. The topological polar surface area (TPSA) is 52.9 Å². The molecule has 0 fully saturated rings. The summed E-state index contributed by atoms with van der Waals surface area (Å²) in [6, 6.07) is 9.63. The number of hydrogen-bond donors (Lipinski definition) is 1. The Morgan fingerprint density at radius 1 is 1.19 bits per heavy atom. The van der Waals surface area contributed by atoms with E-state index in [9.17, 15) is 13.6 Å². The van der Waals surface area contributed by atoms with Crippen LogP contribution in [0, 0.1) is 23.0 Å². The van der Waals surface area contributed by atoms with Gasteiger partial charge in [0.2, 0.25) is 5.91 Å². The Morgan fingerprint density at radius 3 is 2.62 bits per heavy atom. The Hall–Kier alpha value is -2.45. The lowest BCUT2D eigenvalue weighted by atomic mass is 10.1. The predicted molar refractivity (Wildman–Crippen MR) is 74.9 cm³/mol. The van der Waals surface area contributed by atoms with Crippen LogP contribution in [0.4, 0.5) is 14.5 Å². The summed E-state index contributed by atoms with van der Waals surface area (Å²) in [5, 5.41) is 11.6. The van der Waals surface area contributed by atoms with Crippen LogP contribution in [0.15, 0.2) is 36.4 Å². The van der Waals surface area contributed by atoms with Crippen LogP contribution in [-0.2, 0) is 11.2 Å². The molecule has 21 heavy (non-hydrogen) atoms. The molecule has 0 spiro atoms. The number of nitrogens with one attached hydrogen (secondary N) is 1. The van der Waals surface area contributed by atoms with Crippen LogP contribution in [0.3, 0.4) is 0 Å². The maximum absolute atomic E-state index is 13.1. The summed E-state index contributed by atoms with van der Waals surface area (Å²) in [4.78, 5) is 11.9. The molecular weight excluding hydrogens is 298 g/mol. The number of nitrogens with zero attached hydrogens (tertiary/aromatic N) is 1. The maximum atomic E-state index is 13.1. The van der Waals surface area contributed by atoms with E-state index < -0.39 is 17.5 Å². The van der Waals surface area contributed by atoms with E-state index >= 15 is 0 Å². The summed E-state index contributed by atoms with van der Waals surface area (Å²) in [5.41, 5.74) is 0.977. The fourth-order valence-corrected chi connectivity index (χ4v) is 1.88. The Balaban J connectivity index is 2.11. The molecule has 0 heterocycles. The molecule has 0 aliphatic rings. The van der Waals surface area contributed by atoms with Crippen LogP contribution in [0.1, 0.15) is 11.1 Å². The minimum atomic E-state index is -1.01. The molecule has 0 aromatic heterocycles. The van der Waals surface area contributed by atoms with Gasteiger partial charge in [-0.1, -0.05) is 17.7 Å². The summed E-state index contributed by atoms with van der Waals surface area (Å²) < 4.78 is 25.9. The number of rotatable bonds is 3. The van der Waals surface area contributed by atoms with Gasteiger partial charge in [-0.05, 0) is 35.9 Å². The van der Waals surface area contributed by atoms with Crippen LogP contribution >= 0.6 is 11.6 Å². The van der Waals surface area contributed by atoms with Gasteiger partial charge in [-0.25, -0.2) is 8.78 Å². The molecule has 0 atom stereocenters. The number of benzene rings is 2. The predicted octanol–water partition coefficient (Wildman–Crippen LogP) is 3.67. The van der Waals surface area contributed by atoms with E-state index in [0.29, 0.717) is 16.8 Å². The van der Waals surface area contributed by atoms with Crippen LogP contribution in [0.2, 0.25) is 5.02 Å². The largest absolute Gasteiger partial charge is 0.324 e. The van der Waals surface area contributed by atoms with E-state index in [4.69, 9.17) is 16.9 Å². The second-order valence-electron chi connectivity index (χ2n) is 4.28. The van der Waals surface area contributed by atoms with Gasteiger partial charge >= 0.3 is 0 Å². The molecule has 0 unspecified atom stereocenters. The molecule has 106 valence electrons. The minimum Gasteiger partial charge on any atom is -0.324 e. The van der Waals surface area contributed by atoms with E-state index in [1.165, 1.54) is 24.3 Å². The molecular formula is C15H9ClF2N2O. The van der Waals surface area contributed by atoms with Gasteiger partial charge in [-0.15, -0.1) is 0 Å². The van der Waals surface area contributed by atoms with Crippen molar-refractivity contribution in [2.24, 2.45) is 0 Å². The van der Waals surface area contributed by atoms with Crippen LogP contribution in [0.5, 0.6) is 0 Å². The number of carbonyl (C=O) groups excluding carboxylic acids is 1. The molecule has 0 saturated heterocycles. The highest BCUT2D eigenvalue weighted by molar-refractivity contribution is 6.33. The van der Waals surface area contributed by atoms with Gasteiger partial charge in [0.05, 0.1) is 28.8 Å². The summed E-state index contributed by atoms with van der Waals surface area (Å²) in [6.07, 6.45) is -0.135. The van der Waals surface area contributed by atoms with Gasteiger partial charge in [-0.3, -0.25) is 4.79 Å². The molecule has 1 amide bonds. The van der Waals surface area contributed by atoms with Crippen LogP contribution in [-0.4, -0.2) is 5.91 Å². The van der Waals surface area contributed by atoms with Gasteiger partial charge in [0.1, 0.15) is 0 Å². The number of hydrogen-bond acceptors (Lipinski definition) is 2. The zero-order valence-electron chi connectivity index (χ0n) is 10.7. The van der Waals surface area contributed by atoms with Crippen molar-refractivity contribution in [3.63, 3.8) is 0 Å². The van der Waals surface area contributed by atoms with Crippen LogP contribution in [0.25, 0.3) is 0 Å². The smallest absolute Gasteiger partial charge is 0.228 e. The molecule has 6 heteroatoms. The van der Waals surface area contributed by atoms with Crippen molar-refractivity contribution >= 4 is 23.2 Å². The number of carbonyl (C=O) groups is 1. The van der Waals surface area contributed by atoms with Crippen molar-refractivity contribution in [2.45, 2.75) is 6.42 Å². The third-order valence-corrected chi connectivity index (χ3v) is 3.05. The average Bonchev–Trinajstić information content (AvgIpc) is 2.45. The van der Waals surface area contributed by atoms with E-state index in [1.54, 1.807) is 0 Å². The number of anilines is 1. The highest BCUT2D eigenvalue weighted by Crippen LogP contribution is 2.23. The summed E-state index contributed by atoms with van der Waals surface area (Å²) in [7, 11) is 0. The first-order valence-electron chi connectivity index (χ1n) is 5.93. The fraction of sp³-hybridized carbons (Fsp3) is 0.0667. The van der Waals surface area contributed by atoms with Gasteiger partial charge < -0.3 is 5.32 Å². The third-order valence-electron chi connectivity index (χ3n) is 2.72. The Labute approximate surface area is 124 Å². The van der Waals surface area contributed by atoms with E-state index in [0.717, 1.165) is 12.1 Å². The van der Waals surface area contributed by atoms with Crippen LogP contribution < -0.4 is 5.32 Å². The number of nitriles is 1. The summed E-state index contributed by atoms with van der Waals surface area (Å²) >= 11 is 5.91. The zero-order valence-corrected chi connectivity index (χ0v) is 11.4. The SMILES string of the molecule is N#Cc1ccc(Cl)c(NC(=O)Cc2ccc(F)c(F)c2)c1. The molecule has 2 aromatic rings. The quantitative estimate of drug-likeness (QED) is 0.940. The molecule has 0 saturated carbocycles. The van der Waals surface area contributed by atoms with Crippen molar-refractivity contribution in [2.75, 3.05) is 5.32 Å². The van der Waals surface area contributed by atoms with E-state index in [-0.39, 0.29) is 11.4 Å². The Kier molecular flexibility index (Phi) is 4.51. The molecule has 0 bridgehead atoms. The maximum Gasteiger partial charge on any atom is 0.228 e. The first-order valence-corrected chi connectivity index (χ1v) is 6.31. The molecule has 0 radical (unpaired) electrons. The lowest BCUT2D eigenvalue weighted by Crippen LogP contribution is -2.15. The fourth-order valence-electron chi connectivity index (χ4n) is 1.72.